The zero-order chi connectivity index (χ0) is 17.8. The number of aromatic nitrogens is 2. The van der Waals surface area contributed by atoms with Crippen molar-refractivity contribution < 1.29 is 4.79 Å². The van der Waals surface area contributed by atoms with Crippen LogP contribution in [0, 0.1) is 0 Å². The summed E-state index contributed by atoms with van der Waals surface area (Å²) in [5.74, 6) is 0.848. The summed E-state index contributed by atoms with van der Waals surface area (Å²) in [5, 5.41) is 6.87. The second-order valence-corrected chi connectivity index (χ2v) is 7.75. The Kier molecular flexibility index (Phi) is 3.43. The van der Waals surface area contributed by atoms with Gasteiger partial charge in [0.05, 0.1) is 15.9 Å². The van der Waals surface area contributed by atoms with E-state index in [1.54, 1.807) is 0 Å². The van der Waals surface area contributed by atoms with Crippen molar-refractivity contribution in [3.8, 4) is 11.1 Å². The van der Waals surface area contributed by atoms with Gasteiger partial charge in [-0.25, -0.2) is 9.97 Å². The molecule has 25 heavy (non-hydrogen) atoms. The first kappa shape index (κ1) is 15.8. The van der Waals surface area contributed by atoms with Crippen LogP contribution in [-0.2, 0) is 4.79 Å². The highest BCUT2D eigenvalue weighted by Crippen LogP contribution is 2.39. The molecule has 2 N–H and O–H groups in total. The number of fused-ring (bicyclic) bond motifs is 2. The quantitative estimate of drug-likeness (QED) is 0.731. The molecule has 4 rings (SSSR count). The van der Waals surface area contributed by atoms with Crippen LogP contribution in [0.4, 0.5) is 16.6 Å². The zero-order valence-corrected chi connectivity index (χ0v) is 15.4. The van der Waals surface area contributed by atoms with Crippen LogP contribution in [0.1, 0.15) is 20.8 Å². The molecule has 0 radical (unpaired) electrons. The van der Waals surface area contributed by atoms with Gasteiger partial charge in [-0.15, -0.1) is 0 Å². The van der Waals surface area contributed by atoms with Crippen LogP contribution in [0.15, 0.2) is 30.5 Å². The Morgan fingerprint density at radius 2 is 2.08 bits per heavy atom. The number of carbonyl (C=O) groups is 1. The number of thiazole rings is 1. The number of nitrogens with one attached hydrogen (secondary N) is 2. The van der Waals surface area contributed by atoms with Gasteiger partial charge in [0.1, 0.15) is 5.66 Å². The number of pyridine rings is 1. The van der Waals surface area contributed by atoms with E-state index >= 15 is 0 Å². The standard InChI is InChI=1S/C18H19N5OS/c1-10(24)20-17-21-13-6-5-11(8-15(13)25-17)12-7-14-16(19-9-12)23(4)18(2,3)22-14/h5-9,22H,1-4H3,(H,20,21,24). The van der Waals surface area contributed by atoms with Crippen molar-refractivity contribution in [1.29, 1.82) is 0 Å². The highest BCUT2D eigenvalue weighted by Gasteiger charge is 2.33. The number of benzene rings is 1. The molecule has 0 bridgehead atoms. The van der Waals surface area contributed by atoms with Crippen molar-refractivity contribution >= 4 is 44.1 Å². The molecule has 2 aromatic heterocycles. The maximum atomic E-state index is 11.2. The molecule has 0 atom stereocenters. The summed E-state index contributed by atoms with van der Waals surface area (Å²) in [6, 6.07) is 8.23. The monoisotopic (exact) mass is 353 g/mol. The lowest BCUT2D eigenvalue weighted by atomic mass is 10.1. The minimum absolute atomic E-state index is 0.111. The van der Waals surface area contributed by atoms with E-state index < -0.39 is 0 Å². The third-order valence-corrected chi connectivity index (χ3v) is 5.40. The summed E-state index contributed by atoms with van der Waals surface area (Å²) < 4.78 is 1.03. The van der Waals surface area contributed by atoms with Crippen LogP contribution >= 0.6 is 11.3 Å². The minimum atomic E-state index is -0.150. The fourth-order valence-electron chi connectivity index (χ4n) is 2.96. The number of hydrogen-bond acceptors (Lipinski definition) is 6. The maximum Gasteiger partial charge on any atom is 0.223 e. The molecular formula is C18H19N5OS. The molecule has 1 amide bonds. The minimum Gasteiger partial charge on any atom is -0.360 e. The Balaban J connectivity index is 1.72. The first-order valence-corrected chi connectivity index (χ1v) is 8.86. The van der Waals surface area contributed by atoms with Crippen molar-refractivity contribution in [2.24, 2.45) is 0 Å². The van der Waals surface area contributed by atoms with Gasteiger partial charge in [-0.05, 0) is 37.6 Å². The summed E-state index contributed by atoms with van der Waals surface area (Å²) >= 11 is 1.47. The fourth-order valence-corrected chi connectivity index (χ4v) is 3.91. The number of hydrogen-bond donors (Lipinski definition) is 2. The lowest BCUT2D eigenvalue weighted by Gasteiger charge is -2.28. The molecular weight excluding hydrogens is 334 g/mol. The van der Waals surface area contributed by atoms with Crippen molar-refractivity contribution in [3.63, 3.8) is 0 Å². The number of anilines is 3. The van der Waals surface area contributed by atoms with Crippen LogP contribution in [0.3, 0.4) is 0 Å². The summed E-state index contributed by atoms with van der Waals surface area (Å²) in [7, 11) is 2.04. The van der Waals surface area contributed by atoms with Crippen LogP contribution in [0.2, 0.25) is 0 Å². The van der Waals surface area contributed by atoms with E-state index in [2.05, 4.69) is 51.5 Å². The van der Waals surface area contributed by atoms with Crippen molar-refractivity contribution in [2.45, 2.75) is 26.4 Å². The first-order chi connectivity index (χ1) is 11.8. The molecule has 7 heteroatoms. The summed E-state index contributed by atoms with van der Waals surface area (Å²) in [6.07, 6.45) is 1.90. The fraction of sp³-hybridized carbons (Fsp3) is 0.278. The molecule has 3 heterocycles. The van der Waals surface area contributed by atoms with Gasteiger partial charge in [-0.3, -0.25) is 4.79 Å². The Hall–Kier alpha value is -2.67. The second-order valence-electron chi connectivity index (χ2n) is 6.72. The van der Waals surface area contributed by atoms with E-state index in [1.807, 2.05) is 25.4 Å². The highest BCUT2D eigenvalue weighted by molar-refractivity contribution is 7.22. The Labute approximate surface area is 149 Å². The summed E-state index contributed by atoms with van der Waals surface area (Å²) in [4.78, 5) is 22.4. The van der Waals surface area contributed by atoms with Crippen LogP contribution in [0.5, 0.6) is 0 Å². The normalized spacial score (nSPS) is 15.1. The average Bonchev–Trinajstić information content (AvgIpc) is 3.03. The van der Waals surface area contributed by atoms with E-state index in [0.717, 1.165) is 32.8 Å². The molecule has 0 fully saturated rings. The molecule has 0 spiro atoms. The van der Waals surface area contributed by atoms with Crippen molar-refractivity contribution in [2.75, 3.05) is 22.6 Å². The molecule has 3 aromatic rings. The van der Waals surface area contributed by atoms with Gasteiger partial charge in [0.2, 0.25) is 5.91 Å². The number of amides is 1. The van der Waals surface area contributed by atoms with E-state index in [0.29, 0.717) is 5.13 Å². The number of nitrogens with zero attached hydrogens (tertiary/aromatic N) is 3. The summed E-state index contributed by atoms with van der Waals surface area (Å²) in [5.41, 5.74) is 3.89. The van der Waals surface area contributed by atoms with E-state index in [-0.39, 0.29) is 11.6 Å². The predicted octanol–water partition coefficient (Wildman–Crippen LogP) is 3.91. The van der Waals surface area contributed by atoms with Gasteiger partial charge in [-0.2, -0.15) is 0 Å². The largest absolute Gasteiger partial charge is 0.360 e. The van der Waals surface area contributed by atoms with Crippen LogP contribution in [0.25, 0.3) is 21.3 Å². The highest BCUT2D eigenvalue weighted by atomic mass is 32.1. The first-order valence-electron chi connectivity index (χ1n) is 8.04. The molecule has 0 saturated carbocycles. The number of carbonyl (C=O) groups excluding carboxylic acids is 1. The number of rotatable bonds is 2. The van der Waals surface area contributed by atoms with Crippen molar-refractivity contribution in [3.05, 3.63) is 30.5 Å². The Morgan fingerprint density at radius 1 is 1.28 bits per heavy atom. The molecule has 0 unspecified atom stereocenters. The Bertz CT molecular complexity index is 994. The third kappa shape index (κ3) is 2.70. The molecule has 1 aromatic carbocycles. The molecule has 0 aliphatic carbocycles. The molecule has 0 saturated heterocycles. The molecule has 6 nitrogen and oxygen atoms in total. The van der Waals surface area contributed by atoms with Crippen LogP contribution < -0.4 is 15.5 Å². The third-order valence-electron chi connectivity index (χ3n) is 4.47. The van der Waals surface area contributed by atoms with Gasteiger partial charge in [-0.1, -0.05) is 17.4 Å². The summed E-state index contributed by atoms with van der Waals surface area (Å²) in [6.45, 7) is 5.74. The van der Waals surface area contributed by atoms with Gasteiger partial charge < -0.3 is 15.5 Å². The molecule has 1 aliphatic rings. The van der Waals surface area contributed by atoms with Crippen molar-refractivity contribution in [1.82, 2.24) is 9.97 Å². The topological polar surface area (TPSA) is 70.1 Å². The second kappa shape index (κ2) is 5.42. The molecule has 1 aliphatic heterocycles. The average molecular weight is 353 g/mol. The lowest BCUT2D eigenvalue weighted by molar-refractivity contribution is -0.114. The maximum absolute atomic E-state index is 11.2. The van der Waals surface area contributed by atoms with Gasteiger partial charge >= 0.3 is 0 Å². The SMILES string of the molecule is CC(=O)Nc1nc2ccc(-c3cnc4c(c3)NC(C)(C)N4C)cc2s1. The van der Waals surface area contributed by atoms with E-state index in [1.165, 1.54) is 18.3 Å². The van der Waals surface area contributed by atoms with Gasteiger partial charge in [0, 0.05) is 25.7 Å². The molecule has 128 valence electrons. The van der Waals surface area contributed by atoms with E-state index in [9.17, 15) is 4.79 Å². The lowest BCUT2D eigenvalue weighted by Crippen LogP contribution is -2.42. The van der Waals surface area contributed by atoms with E-state index in [4.69, 9.17) is 0 Å². The van der Waals surface area contributed by atoms with Crippen LogP contribution in [-0.4, -0.2) is 28.6 Å². The zero-order valence-electron chi connectivity index (χ0n) is 14.5. The van der Waals surface area contributed by atoms with Gasteiger partial charge in [0.15, 0.2) is 10.9 Å². The predicted molar refractivity (Wildman–Crippen MR) is 103 cm³/mol. The van der Waals surface area contributed by atoms with Gasteiger partial charge in [0.25, 0.3) is 0 Å². The smallest absolute Gasteiger partial charge is 0.223 e. The Morgan fingerprint density at radius 3 is 2.84 bits per heavy atom.